The van der Waals surface area contributed by atoms with Crippen LogP contribution in [0.5, 0.6) is 5.75 Å². The zero-order valence-corrected chi connectivity index (χ0v) is 21.2. The maximum atomic E-state index is 13.6. The van der Waals surface area contributed by atoms with Crippen molar-refractivity contribution in [2.24, 2.45) is 0 Å². The summed E-state index contributed by atoms with van der Waals surface area (Å²) in [4.78, 5) is 27.9. The van der Waals surface area contributed by atoms with E-state index in [9.17, 15) is 14.0 Å². The number of amides is 2. The first-order valence-corrected chi connectivity index (χ1v) is 12.7. The molecule has 0 saturated heterocycles. The van der Waals surface area contributed by atoms with Crippen LogP contribution in [-0.4, -0.2) is 29.9 Å². The number of ether oxygens (including phenoxy) is 1. The van der Waals surface area contributed by atoms with Gasteiger partial charge in [-0.2, -0.15) is 0 Å². The van der Waals surface area contributed by atoms with Crippen molar-refractivity contribution in [3.8, 4) is 5.75 Å². The summed E-state index contributed by atoms with van der Waals surface area (Å²) in [6.07, 6.45) is 0.727. The molecular weight excluding hydrogens is 479 g/mol. The molecule has 0 bridgehead atoms. The van der Waals surface area contributed by atoms with Crippen molar-refractivity contribution in [1.29, 1.82) is 0 Å². The van der Waals surface area contributed by atoms with Crippen LogP contribution < -0.4 is 10.1 Å². The predicted octanol–water partition coefficient (Wildman–Crippen LogP) is 5.62. The fraction of sp³-hybridized carbons (Fsp3) is 0.188. The molecule has 38 heavy (non-hydrogen) atoms. The Morgan fingerprint density at radius 3 is 2.55 bits per heavy atom. The predicted molar refractivity (Wildman–Crippen MR) is 144 cm³/mol. The lowest BCUT2D eigenvalue weighted by Gasteiger charge is -2.38. The Hall–Kier alpha value is -4.45. The van der Waals surface area contributed by atoms with E-state index >= 15 is 0 Å². The van der Waals surface area contributed by atoms with Gasteiger partial charge in [-0.25, -0.2) is 4.39 Å². The Labute approximate surface area is 221 Å². The van der Waals surface area contributed by atoms with Gasteiger partial charge in [0.05, 0.1) is 6.04 Å². The molecule has 5 rings (SSSR count). The number of nitrogens with zero attached hydrogens (tertiary/aromatic N) is 1. The maximum Gasteiger partial charge on any atom is 0.258 e. The van der Waals surface area contributed by atoms with E-state index in [0.717, 1.165) is 28.7 Å². The van der Waals surface area contributed by atoms with Gasteiger partial charge in [0.1, 0.15) is 11.6 Å². The van der Waals surface area contributed by atoms with E-state index in [1.54, 1.807) is 12.1 Å². The lowest BCUT2D eigenvalue weighted by molar-refractivity contribution is -0.123. The van der Waals surface area contributed by atoms with Crippen LogP contribution in [0.25, 0.3) is 0 Å². The van der Waals surface area contributed by atoms with Crippen LogP contribution in [0.3, 0.4) is 0 Å². The van der Waals surface area contributed by atoms with E-state index < -0.39 is 0 Å². The monoisotopic (exact) mass is 508 g/mol. The molecule has 1 atom stereocenters. The highest BCUT2D eigenvalue weighted by atomic mass is 19.1. The molecule has 1 aliphatic rings. The van der Waals surface area contributed by atoms with E-state index in [1.165, 1.54) is 12.1 Å². The molecule has 1 aliphatic heterocycles. The molecular formula is C32H29FN2O3. The minimum atomic E-state index is -0.343. The molecule has 6 heteroatoms. The third kappa shape index (κ3) is 5.75. The van der Waals surface area contributed by atoms with Crippen LogP contribution in [0.15, 0.2) is 97.1 Å². The summed E-state index contributed by atoms with van der Waals surface area (Å²) in [5.41, 5.74) is 5.61. The summed E-state index contributed by atoms with van der Waals surface area (Å²) >= 11 is 0. The van der Waals surface area contributed by atoms with Crippen molar-refractivity contribution < 1.29 is 18.7 Å². The number of fused-ring (bicyclic) bond motifs is 1. The van der Waals surface area contributed by atoms with Gasteiger partial charge >= 0.3 is 0 Å². The number of carbonyl (C=O) groups is 2. The minimum absolute atomic E-state index is 0.0224. The highest BCUT2D eigenvalue weighted by Crippen LogP contribution is 2.38. The quantitative estimate of drug-likeness (QED) is 0.353. The van der Waals surface area contributed by atoms with E-state index in [2.05, 4.69) is 11.4 Å². The molecule has 0 aromatic heterocycles. The molecule has 192 valence electrons. The standard InChI is InChI=1S/C32H29FN2O3/c1-22-7-5-11-26(17-22)31-29-19-28(38-21-30(36)34-20-23-8-6-12-27(33)18-23)14-13-24(29)15-16-35(31)32(37)25-9-3-2-4-10-25/h2-14,17-19,31H,15-16,20-21H2,1H3,(H,34,36)/t31-/m0/s1. The summed E-state index contributed by atoms with van der Waals surface area (Å²) in [6, 6.07) is 29.2. The number of hydrogen-bond donors (Lipinski definition) is 1. The maximum absolute atomic E-state index is 13.6. The van der Waals surface area contributed by atoms with Crippen molar-refractivity contribution in [3.63, 3.8) is 0 Å². The molecule has 1 heterocycles. The van der Waals surface area contributed by atoms with Crippen molar-refractivity contribution >= 4 is 11.8 Å². The number of halogens is 1. The lowest BCUT2D eigenvalue weighted by atomic mass is 9.87. The Morgan fingerprint density at radius 2 is 1.76 bits per heavy atom. The lowest BCUT2D eigenvalue weighted by Crippen LogP contribution is -2.40. The van der Waals surface area contributed by atoms with Crippen LogP contribution in [0, 0.1) is 12.7 Å². The molecule has 0 radical (unpaired) electrons. The molecule has 4 aromatic rings. The Balaban J connectivity index is 1.37. The fourth-order valence-electron chi connectivity index (χ4n) is 4.90. The van der Waals surface area contributed by atoms with Gasteiger partial charge in [-0.1, -0.05) is 66.2 Å². The third-order valence-corrected chi connectivity index (χ3v) is 6.73. The first-order chi connectivity index (χ1) is 18.5. The SMILES string of the molecule is Cc1cccc([C@H]2c3cc(OCC(=O)NCc4cccc(F)c4)ccc3CCN2C(=O)c2ccccc2)c1. The first kappa shape index (κ1) is 25.2. The second kappa shape index (κ2) is 11.3. The molecule has 0 saturated carbocycles. The number of aryl methyl sites for hydroxylation is 1. The fourth-order valence-corrected chi connectivity index (χ4v) is 4.90. The van der Waals surface area contributed by atoms with Crippen LogP contribution in [0.4, 0.5) is 4.39 Å². The topological polar surface area (TPSA) is 58.6 Å². The van der Waals surface area contributed by atoms with E-state index in [0.29, 0.717) is 23.4 Å². The smallest absolute Gasteiger partial charge is 0.258 e. The number of carbonyl (C=O) groups excluding carboxylic acids is 2. The van der Waals surface area contributed by atoms with Crippen LogP contribution in [0.2, 0.25) is 0 Å². The van der Waals surface area contributed by atoms with Gasteiger partial charge in [-0.05, 0) is 72.0 Å². The Bertz CT molecular complexity index is 1450. The van der Waals surface area contributed by atoms with Crippen molar-refractivity contribution in [2.75, 3.05) is 13.2 Å². The van der Waals surface area contributed by atoms with Gasteiger partial charge in [0.15, 0.2) is 6.61 Å². The molecule has 0 spiro atoms. The average Bonchev–Trinajstić information content (AvgIpc) is 2.94. The normalized spacial score (nSPS) is 14.5. The van der Waals surface area contributed by atoms with Crippen molar-refractivity contribution in [3.05, 3.63) is 136 Å². The third-order valence-electron chi connectivity index (χ3n) is 6.73. The number of nitrogens with one attached hydrogen (secondary N) is 1. The second-order valence-electron chi connectivity index (χ2n) is 9.49. The highest BCUT2D eigenvalue weighted by Gasteiger charge is 2.33. The van der Waals surface area contributed by atoms with Gasteiger partial charge in [-0.15, -0.1) is 0 Å². The van der Waals surface area contributed by atoms with Gasteiger partial charge < -0.3 is 15.0 Å². The first-order valence-electron chi connectivity index (χ1n) is 12.7. The molecule has 0 aliphatic carbocycles. The highest BCUT2D eigenvalue weighted by molar-refractivity contribution is 5.95. The molecule has 0 fully saturated rings. The average molecular weight is 509 g/mol. The summed E-state index contributed by atoms with van der Waals surface area (Å²) in [6.45, 7) is 2.69. The van der Waals surface area contributed by atoms with E-state index in [1.807, 2.05) is 78.6 Å². The summed E-state index contributed by atoms with van der Waals surface area (Å²) < 4.78 is 19.2. The molecule has 5 nitrogen and oxygen atoms in total. The number of rotatable bonds is 7. The summed E-state index contributed by atoms with van der Waals surface area (Å²) in [7, 11) is 0. The Morgan fingerprint density at radius 1 is 0.947 bits per heavy atom. The molecule has 1 N–H and O–H groups in total. The van der Waals surface area contributed by atoms with Gasteiger partial charge in [0.2, 0.25) is 0 Å². The number of benzene rings is 4. The summed E-state index contributed by atoms with van der Waals surface area (Å²) in [5.74, 6) is -0.116. The van der Waals surface area contributed by atoms with Gasteiger partial charge in [0.25, 0.3) is 11.8 Å². The second-order valence-corrected chi connectivity index (χ2v) is 9.49. The largest absolute Gasteiger partial charge is 0.484 e. The van der Waals surface area contributed by atoms with Gasteiger partial charge in [-0.3, -0.25) is 9.59 Å². The van der Waals surface area contributed by atoms with Gasteiger partial charge in [0, 0.05) is 18.7 Å². The molecule has 0 unspecified atom stereocenters. The van der Waals surface area contributed by atoms with E-state index in [-0.39, 0.29) is 36.8 Å². The minimum Gasteiger partial charge on any atom is -0.484 e. The van der Waals surface area contributed by atoms with Crippen LogP contribution >= 0.6 is 0 Å². The zero-order valence-electron chi connectivity index (χ0n) is 21.2. The van der Waals surface area contributed by atoms with Crippen LogP contribution in [0.1, 0.15) is 44.2 Å². The van der Waals surface area contributed by atoms with E-state index in [4.69, 9.17) is 4.74 Å². The van der Waals surface area contributed by atoms with Crippen molar-refractivity contribution in [1.82, 2.24) is 10.2 Å². The van der Waals surface area contributed by atoms with Crippen molar-refractivity contribution in [2.45, 2.75) is 25.9 Å². The Kier molecular flexibility index (Phi) is 7.50. The molecule has 4 aromatic carbocycles. The zero-order chi connectivity index (χ0) is 26.5. The summed E-state index contributed by atoms with van der Waals surface area (Å²) in [5, 5.41) is 2.76. The molecule has 2 amide bonds. The van der Waals surface area contributed by atoms with Crippen LogP contribution in [-0.2, 0) is 17.8 Å². The number of hydrogen-bond acceptors (Lipinski definition) is 3.